The fourth-order valence-corrected chi connectivity index (χ4v) is 7.76. The number of nitrogens with zero attached hydrogens (tertiary/aromatic N) is 2. The Kier molecular flexibility index (Phi) is 22.0. The minimum Gasteiger partial charge on any atom is -0.480 e. The van der Waals surface area contributed by atoms with Gasteiger partial charge in [-0.1, -0.05) is 97.1 Å². The summed E-state index contributed by atoms with van der Waals surface area (Å²) in [5, 5.41) is 25.1. The summed E-state index contributed by atoms with van der Waals surface area (Å²) in [7, 11) is 0. The molecule has 0 spiro atoms. The molecule has 2 heterocycles. The van der Waals surface area contributed by atoms with Gasteiger partial charge in [0, 0.05) is 11.4 Å². The van der Waals surface area contributed by atoms with Gasteiger partial charge in [-0.15, -0.1) is 24.8 Å². The van der Waals surface area contributed by atoms with Gasteiger partial charge in [-0.05, 0) is 99.6 Å². The van der Waals surface area contributed by atoms with Crippen LogP contribution in [0.3, 0.4) is 0 Å². The molecule has 16 heteroatoms. The molecule has 0 bridgehead atoms. The van der Waals surface area contributed by atoms with Crippen molar-refractivity contribution in [2.45, 2.75) is 89.4 Å². The smallest absolute Gasteiger partial charge is 0.323 e. The van der Waals surface area contributed by atoms with Gasteiger partial charge in [0.05, 0.1) is 25.3 Å². The summed E-state index contributed by atoms with van der Waals surface area (Å²) in [6.45, 7) is 3.13. The average Bonchev–Trinajstić information content (AvgIpc) is 3.48. The van der Waals surface area contributed by atoms with Crippen LogP contribution in [0.4, 0.5) is 11.4 Å². The number of rotatable bonds is 18. The number of para-hydroxylation sites is 2. The van der Waals surface area contributed by atoms with Crippen LogP contribution in [0.1, 0.15) is 61.8 Å². The van der Waals surface area contributed by atoms with Gasteiger partial charge in [-0.2, -0.15) is 0 Å². The summed E-state index contributed by atoms with van der Waals surface area (Å²) in [6, 6.07) is 31.5. The normalized spacial score (nSPS) is 16.3. The number of ether oxygens (including phenoxy) is 2. The molecule has 0 radical (unpaired) electrons. The molecular formula is C48H58Cl2N4O10. The van der Waals surface area contributed by atoms with Crippen molar-refractivity contribution in [3.8, 4) is 0 Å². The van der Waals surface area contributed by atoms with E-state index in [1.54, 1.807) is 38.1 Å². The average molecular weight is 922 g/mol. The molecule has 0 saturated carbocycles. The first-order chi connectivity index (χ1) is 30.0. The molecule has 14 nitrogen and oxygen atoms in total. The molecule has 0 fully saturated rings. The number of carbonyl (C=O) groups excluding carboxylic acids is 4. The number of aliphatic carboxylic acids is 2. The molecule has 4 aromatic carbocycles. The maximum absolute atomic E-state index is 13.3. The van der Waals surface area contributed by atoms with Crippen molar-refractivity contribution in [3.05, 3.63) is 131 Å². The fraction of sp³-hybridized carbons (Fsp3) is 0.375. The number of fused-ring (bicyclic) bond motifs is 2. The molecule has 4 aromatic rings. The van der Waals surface area contributed by atoms with Crippen LogP contribution in [-0.4, -0.2) is 96.4 Å². The lowest BCUT2D eigenvalue weighted by atomic mass is 10.0. The summed E-state index contributed by atoms with van der Waals surface area (Å²) < 4.78 is 10.5. The van der Waals surface area contributed by atoms with E-state index in [9.17, 15) is 39.0 Å². The van der Waals surface area contributed by atoms with Crippen LogP contribution >= 0.6 is 24.8 Å². The summed E-state index contributed by atoms with van der Waals surface area (Å²) >= 11 is 0. The third-order valence-electron chi connectivity index (χ3n) is 10.8. The van der Waals surface area contributed by atoms with Crippen LogP contribution < -0.4 is 20.4 Å². The number of hydrogen-bond donors (Lipinski definition) is 4. The first-order valence-electron chi connectivity index (χ1n) is 21.1. The van der Waals surface area contributed by atoms with E-state index in [4.69, 9.17) is 9.47 Å². The topological polar surface area (TPSA) is 192 Å². The maximum Gasteiger partial charge on any atom is 0.323 e. The van der Waals surface area contributed by atoms with E-state index < -0.39 is 61.1 Å². The Morgan fingerprint density at radius 2 is 0.922 bits per heavy atom. The third kappa shape index (κ3) is 15.2. The summed E-state index contributed by atoms with van der Waals surface area (Å²) in [5.41, 5.74) is 5.22. The number of nitrogens with one attached hydrogen (secondary N) is 2. The number of carboxylic acids is 2. The van der Waals surface area contributed by atoms with Gasteiger partial charge >= 0.3 is 23.9 Å². The molecule has 0 saturated heterocycles. The molecule has 64 heavy (non-hydrogen) atoms. The Hall–Kier alpha value is -5.80. The lowest BCUT2D eigenvalue weighted by molar-refractivity contribution is -0.147. The Labute approximate surface area is 386 Å². The number of aryl methyl sites for hydroxylation is 4. The number of carbonyl (C=O) groups is 6. The van der Waals surface area contributed by atoms with Crippen LogP contribution in [0, 0.1) is 0 Å². The first-order valence-corrected chi connectivity index (χ1v) is 21.1. The number of hydrogen-bond acceptors (Lipinski definition) is 10. The monoisotopic (exact) mass is 920 g/mol. The molecule has 0 aromatic heterocycles. The molecule has 2 amide bonds. The highest BCUT2D eigenvalue weighted by atomic mass is 35.5. The van der Waals surface area contributed by atoms with Gasteiger partial charge in [0.2, 0.25) is 11.8 Å². The van der Waals surface area contributed by atoms with Gasteiger partial charge in [0.1, 0.15) is 25.2 Å². The van der Waals surface area contributed by atoms with E-state index in [0.29, 0.717) is 62.7 Å². The van der Waals surface area contributed by atoms with Gasteiger partial charge in [0.15, 0.2) is 0 Å². The van der Waals surface area contributed by atoms with E-state index in [0.717, 1.165) is 22.3 Å². The SMILES string of the molecule is CCOC(=O)[C@@H](CCc1ccccc1)N[C@H]1CCc2ccccc2N(CC(=O)O)C1=O.CCOC(=O)[C@H](CCc1ccccc1)N[C@@H]1CCc2ccccc2N(CC(=O)O)C1=O.Cl.Cl. The minimum atomic E-state index is -1.09. The van der Waals surface area contributed by atoms with Crippen molar-refractivity contribution in [1.82, 2.24) is 10.6 Å². The summed E-state index contributed by atoms with van der Waals surface area (Å²) in [5.74, 6) is -3.68. The highest BCUT2D eigenvalue weighted by molar-refractivity contribution is 6.03. The van der Waals surface area contributed by atoms with Crippen molar-refractivity contribution in [1.29, 1.82) is 0 Å². The Bertz CT molecular complexity index is 1990. The molecule has 0 aliphatic carbocycles. The van der Waals surface area contributed by atoms with Crippen molar-refractivity contribution in [3.63, 3.8) is 0 Å². The lowest BCUT2D eigenvalue weighted by Crippen LogP contribution is -2.53. The predicted octanol–water partition coefficient (Wildman–Crippen LogP) is 5.99. The quantitative estimate of drug-likeness (QED) is 0.0855. The molecular weight excluding hydrogens is 863 g/mol. The van der Waals surface area contributed by atoms with Crippen LogP contribution in [0.15, 0.2) is 109 Å². The number of halogens is 2. The van der Waals surface area contributed by atoms with Crippen molar-refractivity contribution < 1.29 is 48.5 Å². The lowest BCUT2D eigenvalue weighted by Gasteiger charge is -2.27. The number of esters is 2. The van der Waals surface area contributed by atoms with Crippen LogP contribution in [0.25, 0.3) is 0 Å². The zero-order valence-electron chi connectivity index (χ0n) is 36.1. The molecule has 344 valence electrons. The molecule has 0 unspecified atom stereocenters. The largest absolute Gasteiger partial charge is 0.480 e. The number of carboxylic acid groups (broad SMARTS) is 2. The third-order valence-corrected chi connectivity index (χ3v) is 10.8. The number of amides is 2. The standard InChI is InChI=1S/2C24H28N2O5.2ClH/c2*1-2-31-24(30)20(14-12-17-8-4-3-5-9-17)25-19-15-13-18-10-6-7-11-21(18)26(23(19)29)16-22(27)28;;/h2*3-11,19-20,25H,2,12-16H2,1H3,(H,27,28);2*1H/t2*19-,20+;;/m10../s1. The van der Waals surface area contributed by atoms with Crippen molar-refractivity contribution in [2.75, 3.05) is 36.1 Å². The van der Waals surface area contributed by atoms with E-state index >= 15 is 0 Å². The van der Waals surface area contributed by atoms with Crippen LogP contribution in [0.5, 0.6) is 0 Å². The predicted molar refractivity (Wildman–Crippen MR) is 248 cm³/mol. The minimum absolute atomic E-state index is 0. The zero-order chi connectivity index (χ0) is 44.4. The fourth-order valence-electron chi connectivity index (χ4n) is 7.76. The highest BCUT2D eigenvalue weighted by Gasteiger charge is 2.36. The maximum atomic E-state index is 13.3. The molecule has 2 aliphatic heterocycles. The van der Waals surface area contributed by atoms with E-state index in [-0.39, 0.29) is 49.8 Å². The highest BCUT2D eigenvalue weighted by Crippen LogP contribution is 2.29. The second kappa shape index (κ2) is 26.7. The van der Waals surface area contributed by atoms with Gasteiger partial charge in [-0.25, -0.2) is 0 Å². The number of benzene rings is 4. The van der Waals surface area contributed by atoms with Gasteiger partial charge < -0.3 is 19.7 Å². The van der Waals surface area contributed by atoms with Crippen molar-refractivity contribution >= 4 is 71.9 Å². The van der Waals surface area contributed by atoms with Gasteiger partial charge in [0.25, 0.3) is 0 Å². The first kappa shape index (κ1) is 52.5. The Morgan fingerprint density at radius 3 is 1.27 bits per heavy atom. The molecule has 2 aliphatic rings. The van der Waals surface area contributed by atoms with Gasteiger partial charge in [-0.3, -0.25) is 49.2 Å². The second-order valence-electron chi connectivity index (χ2n) is 15.1. The van der Waals surface area contributed by atoms with Crippen LogP contribution in [0.2, 0.25) is 0 Å². The zero-order valence-corrected chi connectivity index (χ0v) is 37.7. The van der Waals surface area contributed by atoms with E-state index in [2.05, 4.69) is 10.6 Å². The van der Waals surface area contributed by atoms with Crippen molar-refractivity contribution in [2.24, 2.45) is 0 Å². The van der Waals surface area contributed by atoms with E-state index in [1.165, 1.54) is 9.80 Å². The molecule has 4 N–H and O–H groups in total. The van der Waals surface area contributed by atoms with E-state index in [1.807, 2.05) is 84.9 Å². The molecule has 4 atom stereocenters. The summed E-state index contributed by atoms with van der Waals surface area (Å²) in [4.78, 5) is 77.2. The summed E-state index contributed by atoms with van der Waals surface area (Å²) in [6.07, 6.45) is 4.37. The number of anilines is 2. The second-order valence-corrected chi connectivity index (χ2v) is 15.1. The van der Waals surface area contributed by atoms with Crippen LogP contribution in [-0.2, 0) is 63.9 Å². The Morgan fingerprint density at radius 1 is 0.578 bits per heavy atom. The Balaban J connectivity index is 0.000000330. The molecule has 6 rings (SSSR count).